The van der Waals surface area contributed by atoms with Crippen molar-refractivity contribution in [3.8, 4) is 0 Å². The van der Waals surface area contributed by atoms with Crippen molar-refractivity contribution < 1.29 is 9.59 Å². The molecule has 1 atom stereocenters. The molecule has 0 bridgehead atoms. The van der Waals surface area contributed by atoms with E-state index < -0.39 is 0 Å². The second kappa shape index (κ2) is 10.4. The minimum Gasteiger partial charge on any atom is -0.303 e. The van der Waals surface area contributed by atoms with Gasteiger partial charge in [-0.1, -0.05) is 32.6 Å². The Bertz CT molecular complexity index is 143. The van der Waals surface area contributed by atoms with Crippen molar-refractivity contribution >= 4 is 12.6 Å². The Labute approximate surface area is 87.1 Å². The quantitative estimate of drug-likeness (QED) is 0.399. The van der Waals surface area contributed by atoms with Gasteiger partial charge in [-0.25, -0.2) is 0 Å². The van der Waals surface area contributed by atoms with Gasteiger partial charge in [-0.15, -0.1) is 0 Å². The van der Waals surface area contributed by atoms with Gasteiger partial charge in [0.2, 0.25) is 0 Å². The number of unbranched alkanes of at least 4 members (excludes halogenated alkanes) is 5. The summed E-state index contributed by atoms with van der Waals surface area (Å²) in [4.78, 5) is 20.5. The topological polar surface area (TPSA) is 34.1 Å². The van der Waals surface area contributed by atoms with E-state index in [2.05, 4.69) is 6.92 Å². The molecule has 0 heterocycles. The molecule has 0 spiro atoms. The minimum atomic E-state index is 0.268. The van der Waals surface area contributed by atoms with Crippen LogP contribution in [0.2, 0.25) is 0 Å². The van der Waals surface area contributed by atoms with Gasteiger partial charge in [-0.05, 0) is 19.3 Å². The number of rotatable bonds is 10. The van der Waals surface area contributed by atoms with Crippen LogP contribution in [0, 0.1) is 5.92 Å². The van der Waals surface area contributed by atoms with Crippen LogP contribution in [0.4, 0.5) is 0 Å². The Kier molecular flexibility index (Phi) is 9.93. The van der Waals surface area contributed by atoms with E-state index in [0.717, 1.165) is 44.7 Å². The lowest BCUT2D eigenvalue weighted by molar-refractivity contribution is -0.111. The molecule has 2 heteroatoms. The fourth-order valence-corrected chi connectivity index (χ4v) is 1.53. The van der Waals surface area contributed by atoms with Crippen LogP contribution >= 0.6 is 0 Å². The van der Waals surface area contributed by atoms with Crippen molar-refractivity contribution in [2.45, 2.75) is 58.3 Å². The second-order valence-electron chi connectivity index (χ2n) is 3.82. The average molecular weight is 198 g/mol. The van der Waals surface area contributed by atoms with Gasteiger partial charge in [0.1, 0.15) is 12.6 Å². The van der Waals surface area contributed by atoms with E-state index in [4.69, 9.17) is 0 Å². The lowest BCUT2D eigenvalue weighted by Gasteiger charge is -2.05. The van der Waals surface area contributed by atoms with Crippen LogP contribution in [-0.4, -0.2) is 12.6 Å². The van der Waals surface area contributed by atoms with Crippen LogP contribution in [0.15, 0.2) is 0 Å². The van der Waals surface area contributed by atoms with Gasteiger partial charge in [-0.2, -0.15) is 0 Å². The number of carbonyl (C=O) groups excluding carboxylic acids is 2. The summed E-state index contributed by atoms with van der Waals surface area (Å²) >= 11 is 0. The summed E-state index contributed by atoms with van der Waals surface area (Å²) in [7, 11) is 0. The molecule has 0 rings (SSSR count). The highest BCUT2D eigenvalue weighted by molar-refractivity contribution is 5.53. The Hall–Kier alpha value is -0.660. The molecule has 0 aliphatic rings. The van der Waals surface area contributed by atoms with E-state index in [1.54, 1.807) is 0 Å². The zero-order chi connectivity index (χ0) is 10.6. The Balaban J connectivity index is 3.12. The maximum atomic E-state index is 10.5. The van der Waals surface area contributed by atoms with Gasteiger partial charge >= 0.3 is 0 Å². The number of aldehydes is 2. The molecule has 0 saturated heterocycles. The molecule has 82 valence electrons. The smallest absolute Gasteiger partial charge is 0.123 e. The predicted molar refractivity (Wildman–Crippen MR) is 58.2 cm³/mol. The average Bonchev–Trinajstić information content (AvgIpc) is 2.22. The monoisotopic (exact) mass is 198 g/mol. The molecule has 0 aliphatic heterocycles. The summed E-state index contributed by atoms with van der Waals surface area (Å²) in [6.45, 7) is 2.06. The third-order valence-electron chi connectivity index (χ3n) is 2.61. The molecule has 1 unspecified atom stereocenters. The van der Waals surface area contributed by atoms with Crippen LogP contribution in [0.5, 0.6) is 0 Å². The van der Waals surface area contributed by atoms with E-state index >= 15 is 0 Å². The molecule has 0 radical (unpaired) electrons. The number of carbonyl (C=O) groups is 2. The molecule has 0 N–H and O–H groups in total. The van der Waals surface area contributed by atoms with E-state index in [1.807, 2.05) is 0 Å². The van der Waals surface area contributed by atoms with Crippen molar-refractivity contribution in [2.24, 2.45) is 5.92 Å². The minimum absolute atomic E-state index is 0.268. The van der Waals surface area contributed by atoms with Gasteiger partial charge in [0.05, 0.1) is 0 Å². The maximum Gasteiger partial charge on any atom is 0.123 e. The lowest BCUT2D eigenvalue weighted by atomic mass is 9.99. The molecule has 0 saturated carbocycles. The number of hydrogen-bond donors (Lipinski definition) is 0. The molecular formula is C12H22O2. The Morgan fingerprint density at radius 1 is 1.00 bits per heavy atom. The number of hydrogen-bond acceptors (Lipinski definition) is 2. The first-order valence-corrected chi connectivity index (χ1v) is 5.74. The third kappa shape index (κ3) is 7.96. The van der Waals surface area contributed by atoms with E-state index in [-0.39, 0.29) is 5.92 Å². The zero-order valence-electron chi connectivity index (χ0n) is 9.21. The summed E-state index contributed by atoms with van der Waals surface area (Å²) in [6.07, 6.45) is 10.5. The first kappa shape index (κ1) is 13.3. The molecule has 0 aromatic rings. The molecule has 0 aromatic heterocycles. The fraction of sp³-hybridized carbons (Fsp3) is 0.833. The lowest BCUT2D eigenvalue weighted by Crippen LogP contribution is -1.99. The van der Waals surface area contributed by atoms with E-state index in [9.17, 15) is 9.59 Å². The maximum absolute atomic E-state index is 10.5. The molecule has 0 amide bonds. The summed E-state index contributed by atoms with van der Waals surface area (Å²) in [6, 6.07) is 0. The zero-order valence-corrected chi connectivity index (χ0v) is 9.21. The Morgan fingerprint density at radius 2 is 1.64 bits per heavy atom. The predicted octanol–water partition coefficient (Wildman–Crippen LogP) is 3.14. The van der Waals surface area contributed by atoms with Gasteiger partial charge in [0.25, 0.3) is 0 Å². The highest BCUT2D eigenvalue weighted by Gasteiger charge is 2.02. The SMILES string of the molecule is CCC(C=O)CCCCCCCC=O. The highest BCUT2D eigenvalue weighted by atomic mass is 16.1. The van der Waals surface area contributed by atoms with Crippen LogP contribution in [-0.2, 0) is 9.59 Å². The van der Waals surface area contributed by atoms with Crippen molar-refractivity contribution in [2.75, 3.05) is 0 Å². The van der Waals surface area contributed by atoms with Crippen LogP contribution < -0.4 is 0 Å². The second-order valence-corrected chi connectivity index (χ2v) is 3.82. The van der Waals surface area contributed by atoms with Gasteiger partial charge in [-0.3, -0.25) is 0 Å². The van der Waals surface area contributed by atoms with E-state index in [1.165, 1.54) is 12.8 Å². The van der Waals surface area contributed by atoms with Crippen molar-refractivity contribution in [3.63, 3.8) is 0 Å². The summed E-state index contributed by atoms with van der Waals surface area (Å²) in [5, 5.41) is 0. The Morgan fingerprint density at radius 3 is 2.21 bits per heavy atom. The first-order chi connectivity index (χ1) is 6.85. The molecule has 2 nitrogen and oxygen atoms in total. The molecular weight excluding hydrogens is 176 g/mol. The summed E-state index contributed by atoms with van der Waals surface area (Å²) in [5.74, 6) is 0.268. The van der Waals surface area contributed by atoms with Crippen LogP contribution in [0.3, 0.4) is 0 Å². The van der Waals surface area contributed by atoms with Crippen LogP contribution in [0.25, 0.3) is 0 Å². The van der Waals surface area contributed by atoms with Crippen molar-refractivity contribution in [3.05, 3.63) is 0 Å². The normalized spacial score (nSPS) is 12.4. The fourth-order valence-electron chi connectivity index (χ4n) is 1.53. The molecule has 0 aliphatic carbocycles. The summed E-state index contributed by atoms with van der Waals surface area (Å²) < 4.78 is 0. The molecule has 0 aromatic carbocycles. The largest absolute Gasteiger partial charge is 0.303 e. The third-order valence-corrected chi connectivity index (χ3v) is 2.61. The summed E-state index contributed by atoms with van der Waals surface area (Å²) in [5.41, 5.74) is 0. The van der Waals surface area contributed by atoms with E-state index in [0.29, 0.717) is 6.42 Å². The van der Waals surface area contributed by atoms with Gasteiger partial charge in [0, 0.05) is 12.3 Å². The first-order valence-electron chi connectivity index (χ1n) is 5.74. The van der Waals surface area contributed by atoms with Crippen molar-refractivity contribution in [1.29, 1.82) is 0 Å². The van der Waals surface area contributed by atoms with Gasteiger partial charge < -0.3 is 9.59 Å². The van der Waals surface area contributed by atoms with Crippen molar-refractivity contribution in [1.82, 2.24) is 0 Å². The highest BCUT2D eigenvalue weighted by Crippen LogP contribution is 2.12. The van der Waals surface area contributed by atoms with Crippen LogP contribution in [0.1, 0.15) is 58.3 Å². The molecule has 14 heavy (non-hydrogen) atoms. The standard InChI is InChI=1S/C12H22O2/c1-2-12(11-14)9-7-5-3-4-6-8-10-13/h10-12H,2-9H2,1H3. The van der Waals surface area contributed by atoms with Gasteiger partial charge in [0.15, 0.2) is 0 Å². The molecule has 0 fully saturated rings.